The van der Waals surface area contributed by atoms with Crippen molar-refractivity contribution in [1.82, 2.24) is 4.90 Å². The average molecular weight is 445 g/mol. The van der Waals surface area contributed by atoms with Gasteiger partial charge >= 0.3 is 6.09 Å². The summed E-state index contributed by atoms with van der Waals surface area (Å²) in [4.78, 5) is 15.6. The summed E-state index contributed by atoms with van der Waals surface area (Å²) < 4.78 is 12.2. The number of para-hydroxylation sites is 2. The maximum absolute atomic E-state index is 13.1. The molecule has 3 rings (SSSR count). The van der Waals surface area contributed by atoms with Gasteiger partial charge in [0.25, 0.3) is 0 Å². The number of carbonyl (C=O) groups excluding carboxylic acids is 1. The van der Waals surface area contributed by atoms with Crippen LogP contribution in [0.15, 0.2) is 24.3 Å². The minimum atomic E-state index is -0.367. The van der Waals surface area contributed by atoms with Gasteiger partial charge in [-0.25, -0.2) is 4.79 Å². The quantitative estimate of drug-likeness (QED) is 0.391. The fraction of sp³-hybridized carbons (Fsp3) is 0.741. The summed E-state index contributed by atoms with van der Waals surface area (Å²) in [5.74, 6) is 1.66. The Morgan fingerprint density at radius 1 is 1.12 bits per heavy atom. The molecule has 1 amide bonds. The number of ether oxygens (including phenoxy) is 2. The predicted octanol–water partition coefficient (Wildman–Crippen LogP) is 6.59. The summed E-state index contributed by atoms with van der Waals surface area (Å²) >= 11 is 0. The number of hydrogen-bond acceptors (Lipinski definition) is 4. The van der Waals surface area contributed by atoms with Gasteiger partial charge in [-0.15, -0.1) is 0 Å². The van der Waals surface area contributed by atoms with E-state index in [-0.39, 0.29) is 23.0 Å². The predicted molar refractivity (Wildman–Crippen MR) is 131 cm³/mol. The Morgan fingerprint density at radius 3 is 2.53 bits per heavy atom. The number of nitrogens with one attached hydrogen (secondary N) is 1. The number of anilines is 1. The first kappa shape index (κ1) is 24.9. The first-order valence-electron chi connectivity index (χ1n) is 12.7. The Balaban J connectivity index is 1.72. The van der Waals surface area contributed by atoms with Crippen LogP contribution in [0, 0.1) is 22.7 Å². The van der Waals surface area contributed by atoms with Crippen LogP contribution in [0.3, 0.4) is 0 Å². The number of unbranched alkanes of at least 4 members (excludes halogenated alkanes) is 2. The average Bonchev–Trinajstić information content (AvgIpc) is 3.09. The number of rotatable bonds is 11. The van der Waals surface area contributed by atoms with Gasteiger partial charge in [-0.05, 0) is 55.8 Å². The number of nitrogens with zero attached hydrogens (tertiary/aromatic N) is 1. The van der Waals surface area contributed by atoms with E-state index in [1.165, 1.54) is 6.42 Å². The molecule has 4 unspecified atom stereocenters. The molecule has 2 saturated carbocycles. The molecule has 2 aliphatic rings. The molecule has 0 saturated heterocycles. The normalized spacial score (nSPS) is 28.2. The van der Waals surface area contributed by atoms with Crippen molar-refractivity contribution in [3.8, 4) is 5.75 Å². The minimum absolute atomic E-state index is 0.00297. The molecule has 0 spiro atoms. The molecule has 32 heavy (non-hydrogen) atoms. The molecule has 180 valence electrons. The monoisotopic (exact) mass is 444 g/mol. The fourth-order valence-electron chi connectivity index (χ4n) is 6.21. The topological polar surface area (TPSA) is 50.8 Å². The zero-order chi connectivity index (χ0) is 23.4. The zero-order valence-corrected chi connectivity index (χ0v) is 21.1. The van der Waals surface area contributed by atoms with E-state index < -0.39 is 0 Å². The summed E-state index contributed by atoms with van der Waals surface area (Å²) in [6, 6.07) is 7.65. The number of carbonyl (C=O) groups is 1. The van der Waals surface area contributed by atoms with Gasteiger partial charge in [-0.2, -0.15) is 0 Å². The lowest BCUT2D eigenvalue weighted by Crippen LogP contribution is -2.45. The number of benzene rings is 1. The van der Waals surface area contributed by atoms with Crippen molar-refractivity contribution in [2.45, 2.75) is 79.8 Å². The van der Waals surface area contributed by atoms with E-state index >= 15 is 0 Å². The van der Waals surface area contributed by atoms with E-state index in [0.29, 0.717) is 29.9 Å². The van der Waals surface area contributed by atoms with Gasteiger partial charge in [0.05, 0.1) is 12.3 Å². The second kappa shape index (κ2) is 10.5. The first-order chi connectivity index (χ1) is 15.3. The Hall–Kier alpha value is -1.75. The standard InChI is InChI=1S/C27H44N2O3/c1-7-10-13-18-31-23-15-12-11-14-22(23)28-25(30)32-24-20(19-29(8-2)9-3)21-16-17-27(24,6)26(21,4)5/h11-12,14-15,20-21,24H,7-10,13,16-19H2,1-6H3,(H,28,30). The van der Waals surface area contributed by atoms with Gasteiger partial charge in [0.15, 0.2) is 0 Å². The molecule has 4 atom stereocenters. The number of fused-ring (bicyclic) bond motifs is 2. The molecule has 0 aliphatic heterocycles. The number of hydrogen-bond donors (Lipinski definition) is 1. The van der Waals surface area contributed by atoms with Crippen LogP contribution >= 0.6 is 0 Å². The third-order valence-electron chi connectivity index (χ3n) is 8.63. The van der Waals surface area contributed by atoms with E-state index in [9.17, 15) is 4.79 Å². The SMILES string of the molecule is CCCCCOc1ccccc1NC(=O)OC1C(CN(CC)CC)C2CCC1(C)C2(C)C. The summed E-state index contributed by atoms with van der Waals surface area (Å²) in [5.41, 5.74) is 0.848. The number of amides is 1. The van der Waals surface area contributed by atoms with Gasteiger partial charge in [-0.3, -0.25) is 5.32 Å². The Morgan fingerprint density at radius 2 is 1.84 bits per heavy atom. The van der Waals surface area contributed by atoms with Crippen LogP contribution in [-0.2, 0) is 4.74 Å². The second-order valence-corrected chi connectivity index (χ2v) is 10.4. The lowest BCUT2D eigenvalue weighted by atomic mass is 9.70. The largest absolute Gasteiger partial charge is 0.491 e. The molecule has 2 aliphatic carbocycles. The molecule has 1 aromatic carbocycles. The van der Waals surface area contributed by atoms with Crippen molar-refractivity contribution >= 4 is 11.8 Å². The van der Waals surface area contributed by atoms with Crippen LogP contribution in [0.2, 0.25) is 0 Å². The van der Waals surface area contributed by atoms with Crippen molar-refractivity contribution in [2.24, 2.45) is 22.7 Å². The highest BCUT2D eigenvalue weighted by molar-refractivity contribution is 5.86. The molecule has 0 aromatic heterocycles. The van der Waals surface area contributed by atoms with Crippen LogP contribution < -0.4 is 10.1 Å². The first-order valence-corrected chi connectivity index (χ1v) is 12.7. The molecular weight excluding hydrogens is 400 g/mol. The van der Waals surface area contributed by atoms with Gasteiger partial charge in [-0.1, -0.05) is 66.5 Å². The van der Waals surface area contributed by atoms with E-state index in [4.69, 9.17) is 9.47 Å². The maximum Gasteiger partial charge on any atom is 0.412 e. The summed E-state index contributed by atoms with van der Waals surface area (Å²) in [7, 11) is 0. The van der Waals surface area contributed by atoms with Crippen molar-refractivity contribution in [1.29, 1.82) is 0 Å². The molecular formula is C27H44N2O3. The Labute approximate surface area is 195 Å². The van der Waals surface area contributed by atoms with Crippen LogP contribution in [0.25, 0.3) is 0 Å². The third kappa shape index (κ3) is 4.78. The van der Waals surface area contributed by atoms with Crippen molar-refractivity contribution < 1.29 is 14.3 Å². The molecule has 0 radical (unpaired) electrons. The lowest BCUT2D eigenvalue weighted by molar-refractivity contribution is -0.0258. The summed E-state index contributed by atoms with van der Waals surface area (Å²) in [5, 5.41) is 2.98. The highest BCUT2D eigenvalue weighted by Gasteiger charge is 2.67. The summed E-state index contributed by atoms with van der Waals surface area (Å²) in [6.45, 7) is 17.4. The van der Waals surface area contributed by atoms with Crippen molar-refractivity contribution in [3.63, 3.8) is 0 Å². The molecule has 1 aromatic rings. The Kier molecular flexibility index (Phi) is 8.13. The molecule has 5 heteroatoms. The highest BCUT2D eigenvalue weighted by Crippen LogP contribution is 2.68. The van der Waals surface area contributed by atoms with Crippen LogP contribution in [0.4, 0.5) is 10.5 Å². The molecule has 0 heterocycles. The van der Waals surface area contributed by atoms with Crippen LogP contribution in [0.1, 0.15) is 73.6 Å². The zero-order valence-electron chi connectivity index (χ0n) is 21.1. The van der Waals surface area contributed by atoms with Crippen molar-refractivity contribution in [2.75, 3.05) is 31.6 Å². The fourth-order valence-corrected chi connectivity index (χ4v) is 6.21. The lowest BCUT2D eigenvalue weighted by Gasteiger charge is -2.40. The summed E-state index contributed by atoms with van der Waals surface area (Å²) in [6.07, 6.45) is 5.21. The minimum Gasteiger partial charge on any atom is -0.491 e. The van der Waals surface area contributed by atoms with Crippen LogP contribution in [0.5, 0.6) is 5.75 Å². The van der Waals surface area contributed by atoms with Gasteiger partial charge < -0.3 is 14.4 Å². The molecule has 5 nitrogen and oxygen atoms in total. The second-order valence-electron chi connectivity index (χ2n) is 10.4. The van der Waals surface area contributed by atoms with E-state index in [0.717, 1.165) is 45.3 Å². The molecule has 1 N–H and O–H groups in total. The van der Waals surface area contributed by atoms with E-state index in [2.05, 4.69) is 51.8 Å². The highest BCUT2D eigenvalue weighted by atomic mass is 16.6. The van der Waals surface area contributed by atoms with Gasteiger partial charge in [0.2, 0.25) is 0 Å². The van der Waals surface area contributed by atoms with E-state index in [1.807, 2.05) is 24.3 Å². The Bertz CT molecular complexity index is 761. The van der Waals surface area contributed by atoms with Gasteiger partial charge in [0.1, 0.15) is 11.9 Å². The maximum atomic E-state index is 13.1. The van der Waals surface area contributed by atoms with Crippen molar-refractivity contribution in [3.05, 3.63) is 24.3 Å². The van der Waals surface area contributed by atoms with E-state index in [1.54, 1.807) is 0 Å². The van der Waals surface area contributed by atoms with Crippen LogP contribution in [-0.4, -0.2) is 43.3 Å². The molecule has 2 bridgehead atoms. The molecule has 2 fully saturated rings. The van der Waals surface area contributed by atoms with Gasteiger partial charge in [0, 0.05) is 17.9 Å². The smallest absolute Gasteiger partial charge is 0.412 e. The third-order valence-corrected chi connectivity index (χ3v) is 8.63.